The second-order valence-electron chi connectivity index (χ2n) is 14.6. The smallest absolute Gasteiger partial charge is 0.0467 e. The molecule has 1 aliphatic rings. The summed E-state index contributed by atoms with van der Waals surface area (Å²) in [5, 5.41) is 3.90. The molecule has 10 rings (SSSR count). The Morgan fingerprint density at radius 3 is 1.82 bits per heavy atom. The van der Waals surface area contributed by atoms with Crippen LogP contribution in [0.5, 0.6) is 0 Å². The van der Waals surface area contributed by atoms with Crippen molar-refractivity contribution >= 4 is 60.9 Å². The monoisotopic (exact) mass is 721 g/mol. The van der Waals surface area contributed by atoms with Crippen LogP contribution in [0.3, 0.4) is 0 Å². The maximum atomic E-state index is 2.45. The minimum absolute atomic E-state index is 0.450. The number of allylic oxidation sites excluding steroid dienone is 1. The predicted molar refractivity (Wildman–Crippen MR) is 238 cm³/mol. The topological polar surface area (TPSA) is 3.24 Å². The number of anilines is 3. The zero-order chi connectivity index (χ0) is 36.7. The minimum Gasteiger partial charge on any atom is -0.310 e. The lowest BCUT2D eigenvalue weighted by Gasteiger charge is -2.27. The first-order chi connectivity index (χ1) is 27.2. The summed E-state index contributed by atoms with van der Waals surface area (Å²) in [6, 6.07) is 70.8. The SMILES string of the molecule is CC1Cc2sc3ccccc3c2C=C1c1ccc(N(c2cccc(-c3ccccc3)c2)c2cccc(-c3cccc(-c4cccc5ccccc45)c3)c2)cc1. The molecule has 1 atom stereocenters. The summed E-state index contributed by atoms with van der Waals surface area (Å²) in [5.74, 6) is 0.450. The molecule has 1 aromatic heterocycles. The van der Waals surface area contributed by atoms with Crippen molar-refractivity contribution in [1.29, 1.82) is 0 Å². The molecule has 0 saturated carbocycles. The van der Waals surface area contributed by atoms with Gasteiger partial charge in [0.25, 0.3) is 0 Å². The van der Waals surface area contributed by atoms with E-state index in [2.05, 4.69) is 212 Å². The Balaban J connectivity index is 1.06. The molecule has 1 unspecified atom stereocenters. The molecule has 0 bridgehead atoms. The highest BCUT2D eigenvalue weighted by molar-refractivity contribution is 7.19. The third-order valence-electron chi connectivity index (χ3n) is 11.1. The van der Waals surface area contributed by atoms with Crippen LogP contribution >= 0.6 is 11.3 Å². The largest absolute Gasteiger partial charge is 0.310 e. The van der Waals surface area contributed by atoms with Crippen molar-refractivity contribution in [3.05, 3.63) is 210 Å². The lowest BCUT2D eigenvalue weighted by molar-refractivity contribution is 0.748. The van der Waals surface area contributed by atoms with E-state index < -0.39 is 0 Å². The van der Waals surface area contributed by atoms with Gasteiger partial charge in [0.1, 0.15) is 0 Å². The third-order valence-corrected chi connectivity index (χ3v) is 12.3. The summed E-state index contributed by atoms with van der Waals surface area (Å²) in [7, 11) is 0. The van der Waals surface area contributed by atoms with Gasteiger partial charge < -0.3 is 4.90 Å². The van der Waals surface area contributed by atoms with Crippen molar-refractivity contribution in [3.63, 3.8) is 0 Å². The summed E-state index contributed by atoms with van der Waals surface area (Å²) in [5.41, 5.74) is 14.7. The Morgan fingerprint density at radius 2 is 1.04 bits per heavy atom. The molecule has 0 spiro atoms. The van der Waals surface area contributed by atoms with Gasteiger partial charge in [-0.15, -0.1) is 11.3 Å². The molecule has 55 heavy (non-hydrogen) atoms. The van der Waals surface area contributed by atoms with E-state index in [1.54, 1.807) is 0 Å². The molecule has 0 saturated heterocycles. The fourth-order valence-electron chi connectivity index (χ4n) is 8.35. The van der Waals surface area contributed by atoms with E-state index in [4.69, 9.17) is 0 Å². The molecule has 2 heteroatoms. The van der Waals surface area contributed by atoms with Gasteiger partial charge in [0.2, 0.25) is 0 Å². The van der Waals surface area contributed by atoms with Crippen molar-refractivity contribution in [2.45, 2.75) is 13.3 Å². The van der Waals surface area contributed by atoms with E-state index in [0.717, 1.165) is 23.5 Å². The molecular formula is C53H39NS. The molecule has 262 valence electrons. The predicted octanol–water partition coefficient (Wildman–Crippen LogP) is 15.3. The van der Waals surface area contributed by atoms with Crippen molar-refractivity contribution in [2.75, 3.05) is 4.90 Å². The average molecular weight is 722 g/mol. The van der Waals surface area contributed by atoms with E-state index in [9.17, 15) is 0 Å². The van der Waals surface area contributed by atoms with Gasteiger partial charge in [0.05, 0.1) is 0 Å². The molecule has 1 aliphatic carbocycles. The van der Waals surface area contributed by atoms with E-state index in [-0.39, 0.29) is 0 Å². The lowest BCUT2D eigenvalue weighted by atomic mass is 9.84. The van der Waals surface area contributed by atoms with E-state index >= 15 is 0 Å². The van der Waals surface area contributed by atoms with Crippen molar-refractivity contribution in [1.82, 2.24) is 0 Å². The zero-order valence-electron chi connectivity index (χ0n) is 30.7. The number of thiophene rings is 1. The van der Waals surface area contributed by atoms with Gasteiger partial charge in [0, 0.05) is 26.6 Å². The molecular weight excluding hydrogens is 683 g/mol. The Kier molecular flexibility index (Phi) is 8.47. The summed E-state index contributed by atoms with van der Waals surface area (Å²) >= 11 is 1.95. The highest BCUT2D eigenvalue weighted by Gasteiger charge is 2.23. The second kappa shape index (κ2) is 14.1. The standard InChI is InChI=1S/C53H39NS/c1-36-31-53-51(49-24-7-8-26-52(49)55-53)35-50(36)39-27-29-44(30-28-39)54(45-21-10-18-41(33-45)37-13-3-2-4-14-37)46-22-11-19-42(34-46)40-17-9-20-43(32-40)48-25-12-16-38-15-5-6-23-47(38)48/h2-30,32-36H,31H2,1H3. The van der Waals surface area contributed by atoms with Crippen molar-refractivity contribution in [3.8, 4) is 33.4 Å². The summed E-state index contributed by atoms with van der Waals surface area (Å²) in [6.07, 6.45) is 3.53. The van der Waals surface area contributed by atoms with Crippen molar-refractivity contribution in [2.24, 2.45) is 5.92 Å². The number of hydrogen-bond acceptors (Lipinski definition) is 2. The molecule has 0 amide bonds. The van der Waals surface area contributed by atoms with Crippen LogP contribution < -0.4 is 4.90 Å². The van der Waals surface area contributed by atoms with E-state index in [1.165, 1.54) is 75.8 Å². The number of nitrogens with zero attached hydrogens (tertiary/aromatic N) is 1. The normalized spacial score (nSPS) is 13.8. The Hall–Kier alpha value is -6.48. The third kappa shape index (κ3) is 6.25. The highest BCUT2D eigenvalue weighted by Crippen LogP contribution is 2.44. The minimum atomic E-state index is 0.450. The first-order valence-electron chi connectivity index (χ1n) is 19.1. The molecule has 0 radical (unpaired) electrons. The quantitative estimate of drug-likeness (QED) is 0.158. The first-order valence-corrected chi connectivity index (χ1v) is 19.9. The van der Waals surface area contributed by atoms with Crippen LogP contribution in [-0.2, 0) is 6.42 Å². The molecule has 1 heterocycles. The van der Waals surface area contributed by atoms with Gasteiger partial charge in [-0.05, 0) is 133 Å². The number of fused-ring (bicyclic) bond motifs is 4. The van der Waals surface area contributed by atoms with Crippen LogP contribution in [-0.4, -0.2) is 0 Å². The first kappa shape index (κ1) is 33.1. The Labute approximate surface area is 327 Å². The molecule has 9 aromatic rings. The fraction of sp³-hybridized carbons (Fsp3) is 0.0566. The number of hydrogen-bond donors (Lipinski definition) is 0. The Bertz CT molecular complexity index is 2860. The molecule has 0 fully saturated rings. The van der Waals surface area contributed by atoms with Crippen LogP contribution in [0, 0.1) is 5.92 Å². The van der Waals surface area contributed by atoms with Gasteiger partial charge in [-0.25, -0.2) is 0 Å². The van der Waals surface area contributed by atoms with Crippen LogP contribution in [0.1, 0.15) is 22.9 Å². The molecule has 8 aromatic carbocycles. The summed E-state index contributed by atoms with van der Waals surface area (Å²) in [6.45, 7) is 2.37. The second-order valence-corrected chi connectivity index (χ2v) is 15.7. The zero-order valence-corrected chi connectivity index (χ0v) is 31.5. The van der Waals surface area contributed by atoms with Gasteiger partial charge in [-0.1, -0.05) is 153 Å². The number of benzene rings is 8. The van der Waals surface area contributed by atoms with E-state index in [0.29, 0.717) is 5.92 Å². The fourth-order valence-corrected chi connectivity index (χ4v) is 9.67. The van der Waals surface area contributed by atoms with Gasteiger partial charge >= 0.3 is 0 Å². The molecule has 0 N–H and O–H groups in total. The maximum Gasteiger partial charge on any atom is 0.0467 e. The maximum absolute atomic E-state index is 2.45. The Morgan fingerprint density at radius 1 is 0.455 bits per heavy atom. The van der Waals surface area contributed by atoms with Crippen LogP contribution in [0.4, 0.5) is 17.1 Å². The van der Waals surface area contributed by atoms with Crippen LogP contribution in [0.2, 0.25) is 0 Å². The lowest BCUT2D eigenvalue weighted by Crippen LogP contribution is -2.11. The van der Waals surface area contributed by atoms with Gasteiger partial charge in [0.15, 0.2) is 0 Å². The molecule has 0 aliphatic heterocycles. The summed E-state index contributed by atoms with van der Waals surface area (Å²) < 4.78 is 1.38. The number of rotatable bonds is 7. The van der Waals surface area contributed by atoms with Gasteiger partial charge in [-0.3, -0.25) is 0 Å². The highest BCUT2D eigenvalue weighted by atomic mass is 32.1. The van der Waals surface area contributed by atoms with Crippen LogP contribution in [0.25, 0.3) is 65.9 Å². The van der Waals surface area contributed by atoms with E-state index in [1.807, 2.05) is 11.3 Å². The van der Waals surface area contributed by atoms with Crippen molar-refractivity contribution < 1.29 is 0 Å². The molecule has 1 nitrogen and oxygen atoms in total. The van der Waals surface area contributed by atoms with Crippen LogP contribution in [0.15, 0.2) is 194 Å². The average Bonchev–Trinajstić information content (AvgIpc) is 3.61. The summed E-state index contributed by atoms with van der Waals surface area (Å²) in [4.78, 5) is 3.90. The van der Waals surface area contributed by atoms with Gasteiger partial charge in [-0.2, -0.15) is 0 Å².